The van der Waals surface area contributed by atoms with Gasteiger partial charge in [0.05, 0.1) is 21.2 Å². The highest BCUT2D eigenvalue weighted by Gasteiger charge is 2.19. The molecule has 0 saturated heterocycles. The summed E-state index contributed by atoms with van der Waals surface area (Å²) in [7, 11) is 1.000. The number of nitrogens with zero attached hydrogens (tertiary/aromatic N) is 1. The summed E-state index contributed by atoms with van der Waals surface area (Å²) in [5.41, 5.74) is 2.38. The van der Waals surface area contributed by atoms with Crippen molar-refractivity contribution in [3.8, 4) is 0 Å². The molecule has 0 aliphatic heterocycles. The van der Waals surface area contributed by atoms with Gasteiger partial charge in [-0.1, -0.05) is 18.2 Å². The topological polar surface area (TPSA) is 34.0 Å². The quantitative estimate of drug-likeness (QED) is 0.908. The van der Waals surface area contributed by atoms with Crippen molar-refractivity contribution in [3.63, 3.8) is 0 Å². The fourth-order valence-corrected chi connectivity index (χ4v) is 2.66. The van der Waals surface area contributed by atoms with E-state index in [2.05, 4.69) is 33.7 Å². The van der Waals surface area contributed by atoms with Gasteiger partial charge in [0, 0.05) is 19.8 Å². The van der Waals surface area contributed by atoms with Gasteiger partial charge in [0.1, 0.15) is 0 Å². The Morgan fingerprint density at radius 2 is 2.00 bits per heavy atom. The fraction of sp³-hybridized carbons (Fsp3) is 0.429. The molecule has 1 atom stereocenters. The number of rotatable bonds is 3. The first-order valence-corrected chi connectivity index (χ1v) is 7.23. The normalized spacial score (nSPS) is 14.0. The summed E-state index contributed by atoms with van der Waals surface area (Å²) in [6.45, 7) is 6.54. The largest absolute Gasteiger partial charge is 0.350 e. The zero-order valence-corrected chi connectivity index (χ0v) is 12.2. The van der Waals surface area contributed by atoms with Crippen molar-refractivity contribution in [3.05, 3.63) is 36.0 Å². The number of nitrogens with one attached hydrogen (secondary N) is 1. The van der Waals surface area contributed by atoms with Crippen LogP contribution in [-0.4, -0.2) is 13.5 Å². The van der Waals surface area contributed by atoms with Crippen LogP contribution in [0.5, 0.6) is 0 Å². The lowest BCUT2D eigenvalue weighted by atomic mass is 10.1. The second-order valence-electron chi connectivity index (χ2n) is 5.48. The van der Waals surface area contributed by atoms with E-state index in [0.717, 1.165) is 0 Å². The van der Waals surface area contributed by atoms with E-state index in [-0.39, 0.29) is 4.75 Å². The van der Waals surface area contributed by atoms with Crippen molar-refractivity contribution in [1.29, 1.82) is 0 Å². The highest BCUT2D eigenvalue weighted by atomic mass is 32.2. The molecule has 3 nitrogen and oxygen atoms in total. The Bertz CT molecular complexity index is 581. The summed E-state index contributed by atoms with van der Waals surface area (Å²) in [6, 6.07) is 8.31. The van der Waals surface area contributed by atoms with Crippen molar-refractivity contribution < 1.29 is 4.21 Å². The maximum absolute atomic E-state index is 12.0. The molecule has 4 heteroatoms. The first kappa shape index (κ1) is 13.3. The van der Waals surface area contributed by atoms with Gasteiger partial charge in [-0.05, 0) is 37.8 Å². The minimum atomic E-state index is -1.03. The van der Waals surface area contributed by atoms with Crippen LogP contribution < -0.4 is 4.72 Å². The van der Waals surface area contributed by atoms with E-state index in [0.29, 0.717) is 6.54 Å². The highest BCUT2D eigenvalue weighted by Crippen LogP contribution is 2.19. The van der Waals surface area contributed by atoms with E-state index in [1.165, 1.54) is 16.5 Å². The molecular weight excluding hydrogens is 244 g/mol. The van der Waals surface area contributed by atoms with Gasteiger partial charge in [-0.15, -0.1) is 0 Å². The van der Waals surface area contributed by atoms with Crippen molar-refractivity contribution in [2.24, 2.45) is 7.05 Å². The molecule has 0 spiro atoms. The summed E-state index contributed by atoms with van der Waals surface area (Å²) < 4.78 is 17.0. The van der Waals surface area contributed by atoms with Crippen LogP contribution in [0, 0.1) is 0 Å². The molecule has 1 N–H and O–H groups in total. The molecule has 2 rings (SSSR count). The summed E-state index contributed by atoms with van der Waals surface area (Å²) in [5.74, 6) is 0. The van der Waals surface area contributed by atoms with Crippen LogP contribution in [0.1, 0.15) is 26.3 Å². The summed E-state index contributed by atoms with van der Waals surface area (Å²) in [5, 5.41) is 1.22. The molecule has 0 fully saturated rings. The molecule has 98 valence electrons. The van der Waals surface area contributed by atoms with E-state index < -0.39 is 11.0 Å². The molecular formula is C14H20N2OS. The Labute approximate surface area is 111 Å². The summed E-state index contributed by atoms with van der Waals surface area (Å²) in [4.78, 5) is 0. The number of para-hydroxylation sites is 1. The standard InChI is InChI=1S/C14H20N2OS/c1-14(2,3)18(17)15-10-12-7-5-6-11-8-9-16(4)13(11)12/h5-9,15H,10H2,1-4H3. The van der Waals surface area contributed by atoms with Crippen LogP contribution in [0.2, 0.25) is 0 Å². The summed E-state index contributed by atoms with van der Waals surface area (Å²) >= 11 is 0. The third kappa shape index (κ3) is 2.65. The lowest BCUT2D eigenvalue weighted by Gasteiger charge is -2.18. The van der Waals surface area contributed by atoms with E-state index in [9.17, 15) is 4.21 Å². The zero-order valence-electron chi connectivity index (χ0n) is 11.4. The Morgan fingerprint density at radius 3 is 2.67 bits per heavy atom. The molecule has 1 aromatic heterocycles. The predicted molar refractivity (Wildman–Crippen MR) is 77.7 cm³/mol. The monoisotopic (exact) mass is 264 g/mol. The average Bonchev–Trinajstić information content (AvgIpc) is 2.67. The van der Waals surface area contributed by atoms with E-state index >= 15 is 0 Å². The number of aromatic nitrogens is 1. The van der Waals surface area contributed by atoms with Gasteiger partial charge in [-0.2, -0.15) is 0 Å². The van der Waals surface area contributed by atoms with Gasteiger partial charge in [0.25, 0.3) is 0 Å². The van der Waals surface area contributed by atoms with Crippen molar-refractivity contribution in [2.45, 2.75) is 32.1 Å². The van der Waals surface area contributed by atoms with Crippen LogP contribution in [0.4, 0.5) is 0 Å². The first-order chi connectivity index (χ1) is 8.39. The molecule has 0 aliphatic rings. The van der Waals surface area contributed by atoms with Gasteiger partial charge in [0.15, 0.2) is 0 Å². The van der Waals surface area contributed by atoms with Crippen molar-refractivity contribution in [1.82, 2.24) is 9.29 Å². The smallest absolute Gasteiger partial charge is 0.0973 e. The number of hydrogen-bond acceptors (Lipinski definition) is 1. The number of aryl methyl sites for hydroxylation is 1. The Balaban J connectivity index is 2.22. The SMILES string of the molecule is Cn1ccc2cccc(CNS(=O)C(C)(C)C)c21. The molecule has 0 radical (unpaired) electrons. The first-order valence-electron chi connectivity index (χ1n) is 6.08. The molecule has 0 amide bonds. The molecule has 0 aliphatic carbocycles. The molecule has 2 aromatic rings. The third-order valence-electron chi connectivity index (χ3n) is 2.93. The minimum absolute atomic E-state index is 0.234. The van der Waals surface area contributed by atoms with Gasteiger partial charge >= 0.3 is 0 Å². The van der Waals surface area contributed by atoms with Crippen LogP contribution in [0.15, 0.2) is 30.5 Å². The Hall–Kier alpha value is -1.13. The predicted octanol–water partition coefficient (Wildman–Crippen LogP) is 2.73. The van der Waals surface area contributed by atoms with Crippen LogP contribution >= 0.6 is 0 Å². The third-order valence-corrected chi connectivity index (χ3v) is 4.45. The maximum Gasteiger partial charge on any atom is 0.0973 e. The van der Waals surface area contributed by atoms with Crippen LogP contribution in [-0.2, 0) is 24.6 Å². The lowest BCUT2D eigenvalue weighted by molar-refractivity contribution is 0.635. The van der Waals surface area contributed by atoms with Gasteiger partial charge in [0.2, 0.25) is 0 Å². The second kappa shape index (κ2) is 4.86. The molecule has 0 saturated carbocycles. The van der Waals surface area contributed by atoms with Gasteiger partial charge < -0.3 is 4.57 Å². The molecule has 1 heterocycles. The molecule has 0 bridgehead atoms. The van der Waals surface area contributed by atoms with Gasteiger partial charge in [-0.25, -0.2) is 8.93 Å². The van der Waals surface area contributed by atoms with E-state index in [1.807, 2.05) is 33.9 Å². The van der Waals surface area contributed by atoms with Crippen molar-refractivity contribution >= 4 is 21.9 Å². The van der Waals surface area contributed by atoms with E-state index in [4.69, 9.17) is 0 Å². The van der Waals surface area contributed by atoms with Crippen molar-refractivity contribution in [2.75, 3.05) is 0 Å². The second-order valence-corrected chi connectivity index (χ2v) is 7.53. The zero-order chi connectivity index (χ0) is 13.3. The maximum atomic E-state index is 12.0. The Morgan fingerprint density at radius 1 is 1.28 bits per heavy atom. The van der Waals surface area contributed by atoms with Gasteiger partial charge in [-0.3, -0.25) is 0 Å². The fourth-order valence-electron chi connectivity index (χ4n) is 1.94. The lowest BCUT2D eigenvalue weighted by Crippen LogP contribution is -2.32. The number of hydrogen-bond donors (Lipinski definition) is 1. The Kier molecular flexibility index (Phi) is 3.59. The molecule has 1 unspecified atom stereocenters. The van der Waals surface area contributed by atoms with E-state index in [1.54, 1.807) is 0 Å². The van der Waals surface area contributed by atoms with Crippen LogP contribution in [0.25, 0.3) is 10.9 Å². The molecule has 18 heavy (non-hydrogen) atoms. The van der Waals surface area contributed by atoms with Crippen LogP contribution in [0.3, 0.4) is 0 Å². The average molecular weight is 264 g/mol. The number of benzene rings is 1. The summed E-state index contributed by atoms with van der Waals surface area (Å²) in [6.07, 6.45) is 2.05. The number of fused-ring (bicyclic) bond motifs is 1. The highest BCUT2D eigenvalue weighted by molar-refractivity contribution is 7.84. The molecule has 1 aromatic carbocycles. The minimum Gasteiger partial charge on any atom is -0.350 e.